The zero-order valence-electron chi connectivity index (χ0n) is 16.0. The normalized spacial score (nSPS) is 17.7. The molecule has 1 fully saturated rings. The van der Waals surface area contributed by atoms with E-state index in [4.69, 9.17) is 4.74 Å². The highest BCUT2D eigenvalue weighted by Gasteiger charge is 2.27. The number of hydrogen-bond donors (Lipinski definition) is 0. The molecule has 0 aliphatic carbocycles. The maximum absolute atomic E-state index is 12.9. The van der Waals surface area contributed by atoms with Gasteiger partial charge in [-0.3, -0.25) is 9.48 Å². The molecule has 1 unspecified atom stereocenters. The molecule has 0 radical (unpaired) electrons. The van der Waals surface area contributed by atoms with Crippen LogP contribution in [0.3, 0.4) is 0 Å². The Morgan fingerprint density at radius 2 is 2.27 bits per heavy atom. The maximum atomic E-state index is 12.9. The molecule has 1 aliphatic rings. The van der Waals surface area contributed by atoms with Crippen molar-refractivity contribution in [2.45, 2.75) is 46.2 Å². The van der Waals surface area contributed by atoms with Crippen molar-refractivity contribution < 1.29 is 9.53 Å². The molecule has 1 aliphatic heterocycles. The highest BCUT2D eigenvalue weighted by Crippen LogP contribution is 2.22. The molecule has 2 aromatic rings. The number of amides is 1. The van der Waals surface area contributed by atoms with Crippen LogP contribution in [-0.2, 0) is 24.2 Å². The van der Waals surface area contributed by atoms with Gasteiger partial charge in [-0.2, -0.15) is 5.10 Å². The van der Waals surface area contributed by atoms with Gasteiger partial charge in [-0.1, -0.05) is 0 Å². The fraction of sp³-hybridized carbons (Fsp3) is 0.632. The summed E-state index contributed by atoms with van der Waals surface area (Å²) in [5.41, 5.74) is 1.85. The zero-order chi connectivity index (χ0) is 18.5. The van der Waals surface area contributed by atoms with Gasteiger partial charge in [0.2, 0.25) is 0 Å². The summed E-state index contributed by atoms with van der Waals surface area (Å²) in [6.45, 7) is 7.90. The molecule has 7 nitrogen and oxygen atoms in total. The lowest BCUT2D eigenvalue weighted by molar-refractivity contribution is 0.0659. The summed E-state index contributed by atoms with van der Waals surface area (Å²) in [5.74, 6) is 1.62. The van der Waals surface area contributed by atoms with E-state index in [-0.39, 0.29) is 5.91 Å². The molecule has 0 aromatic carbocycles. The Labute approximate surface area is 155 Å². The fourth-order valence-electron chi connectivity index (χ4n) is 3.76. The number of rotatable bonds is 7. The average Bonchev–Trinajstić information content (AvgIpc) is 3.26. The predicted octanol–water partition coefficient (Wildman–Crippen LogP) is 2.15. The number of carbonyl (C=O) groups excluding carboxylic acids is 1. The molecular formula is C19H29N5O2. The summed E-state index contributed by atoms with van der Waals surface area (Å²) in [4.78, 5) is 19.5. The van der Waals surface area contributed by atoms with Gasteiger partial charge in [0.05, 0.1) is 6.61 Å². The van der Waals surface area contributed by atoms with Gasteiger partial charge in [0.15, 0.2) is 0 Å². The van der Waals surface area contributed by atoms with Crippen LogP contribution in [0.25, 0.3) is 0 Å². The molecule has 3 heterocycles. The minimum atomic E-state index is 0.0907. The Morgan fingerprint density at radius 3 is 3.04 bits per heavy atom. The van der Waals surface area contributed by atoms with Gasteiger partial charge in [0.1, 0.15) is 11.5 Å². The third kappa shape index (κ3) is 3.98. The van der Waals surface area contributed by atoms with E-state index < -0.39 is 0 Å². The van der Waals surface area contributed by atoms with E-state index in [1.165, 1.54) is 0 Å². The number of methoxy groups -OCH3 is 1. The van der Waals surface area contributed by atoms with Crippen LogP contribution in [0.5, 0.6) is 0 Å². The summed E-state index contributed by atoms with van der Waals surface area (Å²) in [6, 6.07) is 1.82. The zero-order valence-corrected chi connectivity index (χ0v) is 16.0. The van der Waals surface area contributed by atoms with Crippen LogP contribution < -0.4 is 0 Å². The Hall–Kier alpha value is -2.15. The SMILES string of the molecule is CCn1nccc1C(=O)N1CCCC(Cc2ncc(C)n2CCOC)C1. The van der Waals surface area contributed by atoms with Crippen LogP contribution in [0.4, 0.5) is 0 Å². The second-order valence-electron chi connectivity index (χ2n) is 6.96. The molecule has 0 N–H and O–H groups in total. The minimum Gasteiger partial charge on any atom is -0.383 e. The maximum Gasteiger partial charge on any atom is 0.272 e. The Balaban J connectivity index is 1.67. The van der Waals surface area contributed by atoms with Crippen molar-refractivity contribution in [2.75, 3.05) is 26.8 Å². The van der Waals surface area contributed by atoms with Crippen LogP contribution in [-0.4, -0.2) is 56.9 Å². The molecule has 0 saturated carbocycles. The number of nitrogens with zero attached hydrogens (tertiary/aromatic N) is 5. The number of likely N-dealkylation sites (tertiary alicyclic amines) is 1. The largest absolute Gasteiger partial charge is 0.383 e. The quantitative estimate of drug-likeness (QED) is 0.760. The first kappa shape index (κ1) is 18.6. The summed E-state index contributed by atoms with van der Waals surface area (Å²) < 4.78 is 9.22. The molecular weight excluding hydrogens is 330 g/mol. The molecule has 3 rings (SSSR count). The van der Waals surface area contributed by atoms with Crippen molar-refractivity contribution in [2.24, 2.45) is 5.92 Å². The van der Waals surface area contributed by atoms with E-state index in [2.05, 4.69) is 21.6 Å². The van der Waals surface area contributed by atoms with Crippen LogP contribution >= 0.6 is 0 Å². The average molecular weight is 359 g/mol. The Morgan fingerprint density at radius 1 is 1.42 bits per heavy atom. The van der Waals surface area contributed by atoms with Gasteiger partial charge in [-0.25, -0.2) is 4.98 Å². The van der Waals surface area contributed by atoms with Crippen molar-refractivity contribution in [1.29, 1.82) is 0 Å². The first-order valence-corrected chi connectivity index (χ1v) is 9.45. The highest BCUT2D eigenvalue weighted by molar-refractivity contribution is 5.92. The second kappa shape index (κ2) is 8.49. The molecule has 1 amide bonds. The monoisotopic (exact) mass is 359 g/mol. The first-order valence-electron chi connectivity index (χ1n) is 9.45. The van der Waals surface area contributed by atoms with Crippen molar-refractivity contribution in [3.63, 3.8) is 0 Å². The number of aromatic nitrogens is 4. The Kier molecular flexibility index (Phi) is 6.08. The molecule has 1 saturated heterocycles. The molecule has 1 atom stereocenters. The minimum absolute atomic E-state index is 0.0907. The van der Waals surface area contributed by atoms with E-state index in [9.17, 15) is 4.79 Å². The topological polar surface area (TPSA) is 65.2 Å². The summed E-state index contributed by atoms with van der Waals surface area (Å²) in [6.07, 6.45) is 6.69. The number of carbonyl (C=O) groups is 1. The number of imidazole rings is 1. The lowest BCUT2D eigenvalue weighted by atomic mass is 9.94. The van der Waals surface area contributed by atoms with Crippen molar-refractivity contribution in [3.05, 3.63) is 35.7 Å². The van der Waals surface area contributed by atoms with Gasteiger partial charge in [0, 0.05) is 57.8 Å². The van der Waals surface area contributed by atoms with Gasteiger partial charge in [0.25, 0.3) is 5.91 Å². The summed E-state index contributed by atoms with van der Waals surface area (Å²) >= 11 is 0. The van der Waals surface area contributed by atoms with Crippen LogP contribution in [0.1, 0.15) is 41.8 Å². The third-order valence-corrected chi connectivity index (χ3v) is 5.17. The van der Waals surface area contributed by atoms with E-state index in [0.29, 0.717) is 24.8 Å². The van der Waals surface area contributed by atoms with Crippen molar-refractivity contribution in [3.8, 4) is 0 Å². The van der Waals surface area contributed by atoms with Crippen LogP contribution in [0.15, 0.2) is 18.5 Å². The first-order chi connectivity index (χ1) is 12.6. The smallest absolute Gasteiger partial charge is 0.272 e. The predicted molar refractivity (Wildman–Crippen MR) is 99.1 cm³/mol. The number of ether oxygens (including phenoxy) is 1. The molecule has 2 aromatic heterocycles. The van der Waals surface area contributed by atoms with E-state index in [0.717, 1.165) is 50.4 Å². The second-order valence-corrected chi connectivity index (χ2v) is 6.96. The van der Waals surface area contributed by atoms with Crippen molar-refractivity contribution in [1.82, 2.24) is 24.2 Å². The van der Waals surface area contributed by atoms with E-state index in [1.807, 2.05) is 24.1 Å². The lowest BCUT2D eigenvalue weighted by Crippen LogP contribution is -2.41. The van der Waals surface area contributed by atoms with Gasteiger partial charge < -0.3 is 14.2 Å². The van der Waals surface area contributed by atoms with Crippen molar-refractivity contribution >= 4 is 5.91 Å². The van der Waals surface area contributed by atoms with Gasteiger partial charge in [-0.15, -0.1) is 0 Å². The number of aryl methyl sites for hydroxylation is 2. The van der Waals surface area contributed by atoms with E-state index in [1.54, 1.807) is 18.0 Å². The molecule has 26 heavy (non-hydrogen) atoms. The summed E-state index contributed by atoms with van der Waals surface area (Å²) in [7, 11) is 1.72. The summed E-state index contributed by atoms with van der Waals surface area (Å²) in [5, 5.41) is 4.22. The highest BCUT2D eigenvalue weighted by atomic mass is 16.5. The molecule has 7 heteroatoms. The Bertz CT molecular complexity index is 736. The fourth-order valence-corrected chi connectivity index (χ4v) is 3.76. The van der Waals surface area contributed by atoms with Crippen LogP contribution in [0, 0.1) is 12.8 Å². The van der Waals surface area contributed by atoms with Crippen LogP contribution in [0.2, 0.25) is 0 Å². The van der Waals surface area contributed by atoms with Gasteiger partial charge >= 0.3 is 0 Å². The molecule has 0 bridgehead atoms. The van der Waals surface area contributed by atoms with E-state index >= 15 is 0 Å². The molecule has 142 valence electrons. The third-order valence-electron chi connectivity index (χ3n) is 5.17. The standard InChI is InChI=1S/C19H29N5O2/c1-4-24-17(7-8-21-24)19(25)22-9-5-6-16(14-22)12-18-20-13-15(2)23(18)10-11-26-3/h7-8,13,16H,4-6,9-12,14H2,1-3H3. The number of piperidine rings is 1. The van der Waals surface area contributed by atoms with Gasteiger partial charge in [-0.05, 0) is 38.7 Å². The number of hydrogen-bond acceptors (Lipinski definition) is 4. The lowest BCUT2D eigenvalue weighted by Gasteiger charge is -2.32. The molecule has 0 spiro atoms.